The molecule has 0 bridgehead atoms. The van der Waals surface area contributed by atoms with Gasteiger partial charge in [0.2, 0.25) is 0 Å². The smallest absolute Gasteiger partial charge is 0.303 e. The van der Waals surface area contributed by atoms with Gasteiger partial charge in [-0.05, 0) is 55.2 Å². The van der Waals surface area contributed by atoms with E-state index in [1.807, 2.05) is 54.6 Å². The second-order valence-corrected chi connectivity index (χ2v) is 7.73. The number of carboxylic acid groups (broad SMARTS) is 1. The minimum absolute atomic E-state index is 0.0817. The van der Waals surface area contributed by atoms with E-state index in [9.17, 15) is 9.59 Å². The van der Waals surface area contributed by atoms with E-state index in [0.29, 0.717) is 37.2 Å². The van der Waals surface area contributed by atoms with Crippen LogP contribution in [0.2, 0.25) is 0 Å². The number of nitrogens with zero attached hydrogens (tertiary/aromatic N) is 3. The highest BCUT2D eigenvalue weighted by molar-refractivity contribution is 6.00. The van der Waals surface area contributed by atoms with E-state index >= 15 is 0 Å². The molecule has 2 heterocycles. The summed E-state index contributed by atoms with van der Waals surface area (Å²) in [5.41, 5.74) is 2.85. The molecule has 1 aliphatic rings. The van der Waals surface area contributed by atoms with Crippen molar-refractivity contribution in [3.63, 3.8) is 0 Å². The first-order valence-electron chi connectivity index (χ1n) is 10.4. The maximum atomic E-state index is 13.4. The summed E-state index contributed by atoms with van der Waals surface area (Å²) in [6.07, 6.45) is 3.33. The Kier molecular flexibility index (Phi) is 6.02. The summed E-state index contributed by atoms with van der Waals surface area (Å²) >= 11 is 0. The number of amides is 1. The molecule has 1 amide bonds. The second-order valence-electron chi connectivity index (χ2n) is 7.73. The predicted octanol–water partition coefficient (Wildman–Crippen LogP) is 3.87. The van der Waals surface area contributed by atoms with E-state index in [1.54, 1.807) is 22.9 Å². The quantitative estimate of drug-likeness (QED) is 0.656. The van der Waals surface area contributed by atoms with Gasteiger partial charge in [-0.2, -0.15) is 5.10 Å². The van der Waals surface area contributed by atoms with Gasteiger partial charge in [-0.1, -0.05) is 18.2 Å². The molecule has 1 aromatic heterocycles. The number of piperidine rings is 1. The minimum atomic E-state index is -0.782. The number of carbonyl (C=O) groups excluding carboxylic acids is 1. The van der Waals surface area contributed by atoms with Crippen LogP contribution in [0.1, 0.15) is 29.6 Å². The molecule has 7 heteroatoms. The lowest BCUT2D eigenvalue weighted by Crippen LogP contribution is -2.39. The van der Waals surface area contributed by atoms with Gasteiger partial charge in [0.1, 0.15) is 11.4 Å². The van der Waals surface area contributed by atoms with Crippen molar-refractivity contribution in [2.24, 2.45) is 5.92 Å². The van der Waals surface area contributed by atoms with Gasteiger partial charge in [-0.25, -0.2) is 4.68 Å². The number of carboxylic acids is 1. The lowest BCUT2D eigenvalue weighted by molar-refractivity contribution is -0.138. The molecule has 4 rings (SSSR count). The third kappa shape index (κ3) is 4.60. The fourth-order valence-corrected chi connectivity index (χ4v) is 3.96. The molecule has 0 saturated carbocycles. The summed E-state index contributed by atoms with van der Waals surface area (Å²) in [5, 5.41) is 13.8. The van der Waals surface area contributed by atoms with Crippen LogP contribution in [0.5, 0.6) is 5.75 Å². The average Bonchev–Trinajstić information content (AvgIpc) is 3.25. The zero-order chi connectivity index (χ0) is 21.8. The van der Waals surface area contributed by atoms with Crippen LogP contribution in [0.15, 0.2) is 60.8 Å². The number of hydrogen-bond acceptors (Lipinski definition) is 4. The zero-order valence-electron chi connectivity index (χ0n) is 17.4. The number of ether oxygens (including phenoxy) is 1. The Morgan fingerprint density at radius 2 is 1.74 bits per heavy atom. The second kappa shape index (κ2) is 9.04. The molecule has 1 N–H and O–H groups in total. The maximum absolute atomic E-state index is 13.4. The Bertz CT molecular complexity index is 1050. The molecular formula is C24H25N3O4. The highest BCUT2D eigenvalue weighted by Crippen LogP contribution is 2.28. The van der Waals surface area contributed by atoms with E-state index < -0.39 is 5.97 Å². The SMILES string of the molecule is COc1ccc(-c2nn(-c3ccccc3)cc2C(=O)N2CCC(CC(=O)O)CC2)cc1. The Labute approximate surface area is 180 Å². The van der Waals surface area contributed by atoms with E-state index in [1.165, 1.54) is 0 Å². The number of benzene rings is 2. The largest absolute Gasteiger partial charge is 0.497 e. The Morgan fingerprint density at radius 1 is 1.06 bits per heavy atom. The van der Waals surface area contributed by atoms with Gasteiger partial charge >= 0.3 is 5.97 Å². The normalized spacial score (nSPS) is 14.4. The predicted molar refractivity (Wildman–Crippen MR) is 116 cm³/mol. The van der Waals surface area contributed by atoms with Crippen molar-refractivity contribution in [3.8, 4) is 22.7 Å². The van der Waals surface area contributed by atoms with Crippen LogP contribution < -0.4 is 4.74 Å². The number of rotatable bonds is 6. The number of aromatic nitrogens is 2. The van der Waals surface area contributed by atoms with Crippen molar-refractivity contribution < 1.29 is 19.4 Å². The van der Waals surface area contributed by atoms with Gasteiger partial charge in [0.05, 0.1) is 18.4 Å². The van der Waals surface area contributed by atoms with E-state index in [4.69, 9.17) is 14.9 Å². The van der Waals surface area contributed by atoms with Crippen molar-refractivity contribution in [2.45, 2.75) is 19.3 Å². The van der Waals surface area contributed by atoms with Gasteiger partial charge in [0.15, 0.2) is 0 Å². The molecule has 0 radical (unpaired) electrons. The van der Waals surface area contributed by atoms with Gasteiger partial charge in [0, 0.05) is 31.3 Å². The molecule has 0 unspecified atom stereocenters. The molecule has 0 spiro atoms. The van der Waals surface area contributed by atoms with Crippen LogP contribution in [-0.2, 0) is 4.79 Å². The average molecular weight is 419 g/mol. The molecule has 1 saturated heterocycles. The number of carbonyl (C=O) groups is 2. The molecule has 0 aliphatic carbocycles. The molecular weight excluding hydrogens is 394 g/mol. The Morgan fingerprint density at radius 3 is 2.35 bits per heavy atom. The van der Waals surface area contributed by atoms with Gasteiger partial charge in [-0.3, -0.25) is 9.59 Å². The molecule has 3 aromatic rings. The standard InChI is InChI=1S/C24H25N3O4/c1-31-20-9-7-18(8-10-20)23-21(16-27(25-23)19-5-3-2-4-6-19)24(30)26-13-11-17(12-14-26)15-22(28)29/h2-10,16-17H,11-15H2,1H3,(H,28,29). The maximum Gasteiger partial charge on any atom is 0.303 e. The fourth-order valence-electron chi connectivity index (χ4n) is 3.96. The molecule has 2 aromatic carbocycles. The lowest BCUT2D eigenvalue weighted by Gasteiger charge is -2.31. The molecule has 160 valence electrons. The fraction of sp³-hybridized carbons (Fsp3) is 0.292. The summed E-state index contributed by atoms with van der Waals surface area (Å²) in [4.78, 5) is 26.2. The van der Waals surface area contributed by atoms with Crippen molar-refractivity contribution in [1.82, 2.24) is 14.7 Å². The van der Waals surface area contributed by atoms with Crippen LogP contribution in [0.4, 0.5) is 0 Å². The summed E-state index contributed by atoms with van der Waals surface area (Å²) in [7, 11) is 1.61. The van der Waals surface area contributed by atoms with Gasteiger partial charge < -0.3 is 14.7 Å². The summed E-state index contributed by atoms with van der Waals surface area (Å²) in [6.45, 7) is 1.10. The third-order valence-corrected chi connectivity index (χ3v) is 5.69. The highest BCUT2D eigenvalue weighted by atomic mass is 16.5. The van der Waals surface area contributed by atoms with Crippen molar-refractivity contribution >= 4 is 11.9 Å². The minimum Gasteiger partial charge on any atom is -0.497 e. The number of para-hydroxylation sites is 1. The lowest BCUT2D eigenvalue weighted by atomic mass is 9.93. The summed E-state index contributed by atoms with van der Waals surface area (Å²) in [5.74, 6) is -0.00764. The van der Waals surface area contributed by atoms with Crippen molar-refractivity contribution in [2.75, 3.05) is 20.2 Å². The van der Waals surface area contributed by atoms with Gasteiger partial charge in [0.25, 0.3) is 5.91 Å². The Hall–Kier alpha value is -3.61. The van der Waals surface area contributed by atoms with Crippen molar-refractivity contribution in [3.05, 3.63) is 66.4 Å². The first kappa shape index (κ1) is 20.7. The molecule has 7 nitrogen and oxygen atoms in total. The van der Waals surface area contributed by atoms with Crippen LogP contribution in [0.3, 0.4) is 0 Å². The molecule has 31 heavy (non-hydrogen) atoms. The van der Waals surface area contributed by atoms with Crippen LogP contribution >= 0.6 is 0 Å². The Balaban J connectivity index is 1.64. The summed E-state index contributed by atoms with van der Waals surface area (Å²) in [6, 6.07) is 17.2. The van der Waals surface area contributed by atoms with Gasteiger partial charge in [-0.15, -0.1) is 0 Å². The summed E-state index contributed by atoms with van der Waals surface area (Å²) < 4.78 is 6.97. The topological polar surface area (TPSA) is 84.7 Å². The van der Waals surface area contributed by atoms with Crippen LogP contribution in [0, 0.1) is 5.92 Å². The zero-order valence-corrected chi connectivity index (χ0v) is 17.4. The molecule has 1 fully saturated rings. The third-order valence-electron chi connectivity index (χ3n) is 5.69. The molecule has 1 aliphatic heterocycles. The monoisotopic (exact) mass is 419 g/mol. The van der Waals surface area contributed by atoms with Crippen LogP contribution in [-0.4, -0.2) is 51.9 Å². The van der Waals surface area contributed by atoms with Crippen LogP contribution in [0.25, 0.3) is 16.9 Å². The van der Waals surface area contributed by atoms with E-state index in [-0.39, 0.29) is 18.2 Å². The number of hydrogen-bond donors (Lipinski definition) is 1. The van der Waals surface area contributed by atoms with E-state index in [2.05, 4.69) is 0 Å². The van der Waals surface area contributed by atoms with Crippen molar-refractivity contribution in [1.29, 1.82) is 0 Å². The first-order chi connectivity index (χ1) is 15.0. The number of aliphatic carboxylic acids is 1. The highest BCUT2D eigenvalue weighted by Gasteiger charge is 2.28. The number of methoxy groups -OCH3 is 1. The number of likely N-dealkylation sites (tertiary alicyclic amines) is 1. The molecule has 0 atom stereocenters. The first-order valence-corrected chi connectivity index (χ1v) is 10.4. The van der Waals surface area contributed by atoms with E-state index in [0.717, 1.165) is 17.0 Å².